The van der Waals surface area contributed by atoms with Gasteiger partial charge in [0.15, 0.2) is 6.10 Å². The molecule has 1 saturated heterocycles. The van der Waals surface area contributed by atoms with Crippen LogP contribution in [0.5, 0.6) is 5.75 Å². The third kappa shape index (κ3) is 5.21. The van der Waals surface area contributed by atoms with E-state index in [1.165, 1.54) is 12.1 Å². The molecule has 0 N–H and O–H groups in total. The average molecular weight is 453 g/mol. The van der Waals surface area contributed by atoms with Gasteiger partial charge < -0.3 is 14.5 Å². The van der Waals surface area contributed by atoms with Crippen LogP contribution in [0.2, 0.25) is 0 Å². The van der Waals surface area contributed by atoms with Gasteiger partial charge in [-0.3, -0.25) is 9.59 Å². The summed E-state index contributed by atoms with van der Waals surface area (Å²) in [5.41, 5.74) is 2.79. The minimum absolute atomic E-state index is 0.000592. The van der Waals surface area contributed by atoms with Crippen molar-refractivity contribution in [1.29, 1.82) is 0 Å². The van der Waals surface area contributed by atoms with E-state index in [0.717, 1.165) is 49.0 Å². The largest absolute Gasteiger partial charge is 0.481 e. The number of benzene rings is 2. The maximum atomic E-state index is 14.2. The third-order valence-electron chi connectivity index (χ3n) is 6.49. The number of ether oxygens (including phenoxy) is 1. The molecule has 0 spiro atoms. The molecule has 1 fully saturated rings. The van der Waals surface area contributed by atoms with Gasteiger partial charge >= 0.3 is 0 Å². The monoisotopic (exact) mass is 452 g/mol. The molecule has 0 radical (unpaired) electrons. The van der Waals surface area contributed by atoms with Crippen molar-refractivity contribution in [1.82, 2.24) is 9.80 Å². The molecule has 2 heterocycles. The summed E-state index contributed by atoms with van der Waals surface area (Å²) < 4.78 is 20.2. The summed E-state index contributed by atoms with van der Waals surface area (Å²) in [7, 11) is 0. The van der Waals surface area contributed by atoms with E-state index in [2.05, 4.69) is 0 Å². The van der Waals surface area contributed by atoms with Crippen LogP contribution in [-0.2, 0) is 16.0 Å². The minimum atomic E-state index is -0.587. The highest BCUT2D eigenvalue weighted by Crippen LogP contribution is 2.38. The normalized spacial score (nSPS) is 18.9. The number of likely N-dealkylation sites (tertiary alicyclic amines) is 1. The Morgan fingerprint density at radius 3 is 2.52 bits per heavy atom. The molecule has 4 rings (SSSR count). The van der Waals surface area contributed by atoms with Crippen molar-refractivity contribution >= 4 is 11.8 Å². The van der Waals surface area contributed by atoms with Crippen molar-refractivity contribution in [3.63, 3.8) is 0 Å². The van der Waals surface area contributed by atoms with E-state index < -0.39 is 6.10 Å². The summed E-state index contributed by atoms with van der Waals surface area (Å²) in [6.07, 6.45) is 2.66. The van der Waals surface area contributed by atoms with Crippen LogP contribution in [-0.4, -0.2) is 47.4 Å². The molecule has 0 unspecified atom stereocenters. The molecular formula is C27H33FN2O3. The molecule has 176 valence electrons. The Morgan fingerprint density at radius 2 is 1.82 bits per heavy atom. The van der Waals surface area contributed by atoms with E-state index in [4.69, 9.17) is 4.74 Å². The van der Waals surface area contributed by atoms with Crippen LogP contribution in [0.15, 0.2) is 42.5 Å². The average Bonchev–Trinajstić information content (AvgIpc) is 3.32. The van der Waals surface area contributed by atoms with Crippen molar-refractivity contribution in [3.8, 4) is 5.75 Å². The van der Waals surface area contributed by atoms with Crippen LogP contribution < -0.4 is 4.74 Å². The summed E-state index contributed by atoms with van der Waals surface area (Å²) in [4.78, 5) is 29.6. The van der Waals surface area contributed by atoms with E-state index in [0.29, 0.717) is 18.7 Å². The predicted molar refractivity (Wildman–Crippen MR) is 125 cm³/mol. The van der Waals surface area contributed by atoms with Crippen LogP contribution in [0.1, 0.15) is 62.8 Å². The third-order valence-corrected chi connectivity index (χ3v) is 6.49. The lowest BCUT2D eigenvalue weighted by atomic mass is 9.87. The number of carbonyl (C=O) groups is 2. The Labute approximate surface area is 195 Å². The number of carbonyl (C=O) groups excluding carboxylic acids is 2. The zero-order valence-electron chi connectivity index (χ0n) is 19.7. The summed E-state index contributed by atoms with van der Waals surface area (Å²) >= 11 is 0. The summed E-state index contributed by atoms with van der Waals surface area (Å²) in [5.74, 6) is 0.565. The van der Waals surface area contributed by atoms with Crippen LogP contribution >= 0.6 is 0 Å². The van der Waals surface area contributed by atoms with Gasteiger partial charge in [0.2, 0.25) is 5.91 Å². The van der Waals surface area contributed by atoms with Crippen molar-refractivity contribution < 1.29 is 18.7 Å². The minimum Gasteiger partial charge on any atom is -0.481 e. The van der Waals surface area contributed by atoms with Crippen LogP contribution in [0, 0.1) is 11.7 Å². The summed E-state index contributed by atoms with van der Waals surface area (Å²) in [6.45, 7) is 7.98. The Hall–Kier alpha value is -2.89. The molecule has 33 heavy (non-hydrogen) atoms. The lowest BCUT2D eigenvalue weighted by Crippen LogP contribution is -2.41. The van der Waals surface area contributed by atoms with Gasteiger partial charge in [-0.2, -0.15) is 0 Å². The number of hydrogen-bond donors (Lipinski definition) is 0. The first-order valence-electron chi connectivity index (χ1n) is 12.0. The molecule has 2 atom stereocenters. The summed E-state index contributed by atoms with van der Waals surface area (Å²) in [6, 6.07) is 11.9. The fourth-order valence-electron chi connectivity index (χ4n) is 4.89. The summed E-state index contributed by atoms with van der Waals surface area (Å²) in [5, 5.41) is 0. The van der Waals surface area contributed by atoms with Crippen molar-refractivity contribution in [2.75, 3.05) is 19.6 Å². The number of hydrogen-bond acceptors (Lipinski definition) is 3. The lowest BCUT2D eigenvalue weighted by molar-refractivity contribution is -0.136. The van der Waals surface area contributed by atoms with E-state index in [1.54, 1.807) is 13.0 Å². The molecular weight excluding hydrogens is 419 g/mol. The molecule has 0 aromatic heterocycles. The van der Waals surface area contributed by atoms with E-state index in [1.807, 2.05) is 47.9 Å². The zero-order chi connectivity index (χ0) is 23.5. The topological polar surface area (TPSA) is 49.9 Å². The van der Waals surface area contributed by atoms with Gasteiger partial charge in [0.25, 0.3) is 5.91 Å². The highest BCUT2D eigenvalue weighted by molar-refractivity contribution is 5.81. The molecule has 2 aromatic rings. The van der Waals surface area contributed by atoms with Crippen LogP contribution in [0.3, 0.4) is 0 Å². The first-order chi connectivity index (χ1) is 15.8. The Balaban J connectivity index is 1.65. The molecule has 0 saturated carbocycles. The molecule has 2 aliphatic rings. The molecule has 0 aliphatic carbocycles. The quantitative estimate of drug-likeness (QED) is 0.636. The Bertz CT molecular complexity index is 1020. The number of rotatable bonds is 6. The van der Waals surface area contributed by atoms with Gasteiger partial charge in [-0.1, -0.05) is 32.0 Å². The van der Waals surface area contributed by atoms with E-state index in [9.17, 15) is 14.0 Å². The first-order valence-corrected chi connectivity index (χ1v) is 12.0. The smallest absolute Gasteiger partial charge is 0.263 e. The fraction of sp³-hybridized carbons (Fsp3) is 0.481. The van der Waals surface area contributed by atoms with E-state index in [-0.39, 0.29) is 29.6 Å². The highest BCUT2D eigenvalue weighted by atomic mass is 19.1. The van der Waals surface area contributed by atoms with Gasteiger partial charge in [0.1, 0.15) is 11.6 Å². The molecule has 2 aliphatic heterocycles. The van der Waals surface area contributed by atoms with Crippen molar-refractivity contribution in [3.05, 3.63) is 65.0 Å². The van der Waals surface area contributed by atoms with Gasteiger partial charge in [-0.15, -0.1) is 0 Å². The SMILES string of the molecule is CC(C)CC(=O)N1CCc2ccc(O[C@H](C)C(=O)N3CCCC3)cc2[C@@H]1c1cccc(F)c1. The number of amides is 2. The van der Waals surface area contributed by atoms with Crippen molar-refractivity contribution in [2.24, 2.45) is 5.92 Å². The molecule has 5 nitrogen and oxygen atoms in total. The zero-order valence-corrected chi connectivity index (χ0v) is 19.7. The second-order valence-corrected chi connectivity index (χ2v) is 9.55. The predicted octanol–water partition coefficient (Wildman–Crippen LogP) is 4.74. The maximum Gasteiger partial charge on any atom is 0.263 e. The number of fused-ring (bicyclic) bond motifs is 1. The lowest BCUT2D eigenvalue weighted by Gasteiger charge is -2.38. The second kappa shape index (κ2) is 9.94. The van der Waals surface area contributed by atoms with Gasteiger partial charge in [-0.25, -0.2) is 4.39 Å². The van der Waals surface area contributed by atoms with Crippen LogP contribution in [0.4, 0.5) is 4.39 Å². The first kappa shape index (κ1) is 23.3. The fourth-order valence-corrected chi connectivity index (χ4v) is 4.89. The highest BCUT2D eigenvalue weighted by Gasteiger charge is 2.33. The number of halogens is 1. The van der Waals surface area contributed by atoms with Crippen LogP contribution in [0.25, 0.3) is 0 Å². The van der Waals surface area contributed by atoms with Gasteiger partial charge in [0, 0.05) is 26.1 Å². The molecule has 6 heteroatoms. The number of nitrogens with zero attached hydrogens (tertiary/aromatic N) is 2. The second-order valence-electron chi connectivity index (χ2n) is 9.55. The molecule has 2 amide bonds. The Kier molecular flexibility index (Phi) is 7.01. The van der Waals surface area contributed by atoms with Gasteiger partial charge in [0.05, 0.1) is 6.04 Å². The van der Waals surface area contributed by atoms with Crippen molar-refractivity contribution in [2.45, 2.75) is 58.6 Å². The molecule has 2 aromatic carbocycles. The standard InChI is InChI=1S/C27H33FN2O3/c1-18(2)15-25(31)30-14-11-20-9-10-23(33-19(3)27(32)29-12-4-5-13-29)17-24(20)26(30)21-7-6-8-22(28)16-21/h6-10,16-19,26H,4-5,11-15H2,1-3H3/t19-,26+/m1/s1. The Morgan fingerprint density at radius 1 is 1.06 bits per heavy atom. The van der Waals surface area contributed by atoms with E-state index >= 15 is 0 Å². The molecule has 0 bridgehead atoms. The van der Waals surface area contributed by atoms with Gasteiger partial charge in [-0.05, 0) is 73.1 Å². The maximum absolute atomic E-state index is 14.2.